The minimum atomic E-state index is -5.01. The average Bonchev–Trinajstić information content (AvgIpc) is 0.933. The maximum absolute atomic E-state index is 13.1. The summed E-state index contributed by atoms with van der Waals surface area (Å²) in [5.41, 5.74) is 0. The summed E-state index contributed by atoms with van der Waals surface area (Å²) < 4.78 is 68.4. The van der Waals surface area contributed by atoms with Crippen molar-refractivity contribution in [3.63, 3.8) is 0 Å². The minimum Gasteiger partial charge on any atom is -0.462 e. The van der Waals surface area contributed by atoms with Gasteiger partial charge in [0.25, 0.3) is 0 Å². The number of hydrogen-bond acceptors (Lipinski definition) is 15. The summed E-state index contributed by atoms with van der Waals surface area (Å²) in [6.07, 6.45) is 91.1. The zero-order chi connectivity index (χ0) is 77.4. The molecule has 0 saturated heterocycles. The molecule has 604 valence electrons. The van der Waals surface area contributed by atoms with E-state index in [9.17, 15) is 43.2 Å². The van der Waals surface area contributed by atoms with Crippen LogP contribution in [0.3, 0.4) is 0 Å². The summed E-state index contributed by atoms with van der Waals surface area (Å²) in [5.74, 6) is -2.40. The molecule has 0 amide bonds. The summed E-state index contributed by atoms with van der Waals surface area (Å²) in [6, 6.07) is 0. The molecule has 3 N–H and O–H groups in total. The largest absolute Gasteiger partial charge is 0.472 e. The van der Waals surface area contributed by atoms with Crippen molar-refractivity contribution in [3.05, 3.63) is 158 Å². The molecule has 0 aliphatic carbocycles. The van der Waals surface area contributed by atoms with E-state index in [1.807, 2.05) is 36.5 Å². The van der Waals surface area contributed by atoms with Gasteiger partial charge in [-0.2, -0.15) is 0 Å². The van der Waals surface area contributed by atoms with Crippen LogP contribution in [0.4, 0.5) is 0 Å². The first kappa shape index (κ1) is 101. The van der Waals surface area contributed by atoms with E-state index in [1.54, 1.807) is 0 Å². The van der Waals surface area contributed by atoms with Crippen LogP contribution in [0.1, 0.15) is 310 Å². The van der Waals surface area contributed by atoms with Crippen molar-refractivity contribution in [2.45, 2.75) is 329 Å². The maximum Gasteiger partial charge on any atom is 0.472 e. The van der Waals surface area contributed by atoms with Gasteiger partial charge in [-0.1, -0.05) is 282 Å². The lowest BCUT2D eigenvalue weighted by Gasteiger charge is -2.21. The molecule has 17 nitrogen and oxygen atoms in total. The van der Waals surface area contributed by atoms with E-state index >= 15 is 0 Å². The second-order valence-electron chi connectivity index (χ2n) is 26.6. The normalized spacial score (nSPS) is 14.7. The number of phosphoric ester groups is 2. The first-order valence-corrected chi connectivity index (χ1v) is 43.7. The molecule has 5 atom stereocenters. The Morgan fingerprint density at radius 3 is 0.774 bits per heavy atom. The highest BCUT2D eigenvalue weighted by molar-refractivity contribution is 7.47. The van der Waals surface area contributed by atoms with Crippen LogP contribution in [0.2, 0.25) is 0 Å². The Hall–Kier alpha value is -5.32. The number of phosphoric acid groups is 2. The molecule has 2 unspecified atom stereocenters. The number of aliphatic hydroxyl groups is 1. The van der Waals surface area contributed by atoms with Crippen LogP contribution in [0.15, 0.2) is 158 Å². The predicted molar refractivity (Wildman–Crippen MR) is 436 cm³/mol. The van der Waals surface area contributed by atoms with Crippen molar-refractivity contribution in [1.82, 2.24) is 0 Å². The second-order valence-corrected chi connectivity index (χ2v) is 29.5. The van der Waals surface area contributed by atoms with Gasteiger partial charge in [-0.3, -0.25) is 37.3 Å². The number of rotatable bonds is 75. The third-order valence-corrected chi connectivity index (χ3v) is 18.4. The van der Waals surface area contributed by atoms with E-state index in [4.69, 9.17) is 37.0 Å². The smallest absolute Gasteiger partial charge is 0.462 e. The number of ether oxygens (including phenoxy) is 4. The predicted octanol–water partition coefficient (Wildman–Crippen LogP) is 24.0. The quantitative estimate of drug-likeness (QED) is 0.0169. The lowest BCUT2D eigenvalue weighted by Crippen LogP contribution is -2.30. The van der Waals surface area contributed by atoms with Crippen molar-refractivity contribution >= 4 is 39.5 Å². The zero-order valence-electron chi connectivity index (χ0n) is 66.1. The molecule has 0 spiro atoms. The Bertz CT molecular complexity index is 2630. The maximum atomic E-state index is 13.1. The van der Waals surface area contributed by atoms with Crippen molar-refractivity contribution in [1.29, 1.82) is 0 Å². The highest BCUT2D eigenvalue weighted by Crippen LogP contribution is 2.45. The first-order chi connectivity index (χ1) is 51.7. The standard InChI is InChI=1S/C87H144O17P2/c1-5-9-13-17-21-25-29-33-36-38-40-42-45-48-51-55-59-63-67-71-84(89)97-77-82(103-86(91)73-69-65-61-57-53-47-32-28-24-20-16-12-8-4)79-101-105(93,94)99-75-81(88)76-100-106(95,96)102-80-83(104-87(92)74-70-66-62-58-54-50-44-35-31-27-23-19-15-11-7-3)78-98-85(90)72-68-64-60-56-52-49-46-43-41-39-37-34-30-26-22-18-14-10-6-2/h21-23,25-28,32-37,40-44,48-49,51-52,59-60,63-64,81-83,88H,5-20,24,29-31,38-39,45-47,50,53-58,61-62,65-80H2,1-4H3,(H,93,94)(H,95,96)/b25-21-,26-22-,27-23-,32-28-,36-33-,37-34-,42-40-,43-41-,44-35-,51-48-,52-49-,63-59-,64-60-/t81-,82+,83+/m0/s1. The van der Waals surface area contributed by atoms with E-state index in [2.05, 4.69) is 149 Å². The minimum absolute atomic E-state index is 0.0290. The number of aliphatic hydroxyl groups excluding tert-OH is 1. The lowest BCUT2D eigenvalue weighted by molar-refractivity contribution is -0.161. The van der Waals surface area contributed by atoms with Crippen LogP contribution in [-0.4, -0.2) is 96.7 Å². The highest BCUT2D eigenvalue weighted by atomic mass is 31.2. The van der Waals surface area contributed by atoms with Crippen molar-refractivity contribution < 1.29 is 80.2 Å². The van der Waals surface area contributed by atoms with Gasteiger partial charge in [-0.05, 0) is 161 Å². The summed E-state index contributed by atoms with van der Waals surface area (Å²) in [7, 11) is -10.0. The lowest BCUT2D eigenvalue weighted by atomic mass is 10.1. The molecule has 0 bridgehead atoms. The molecule has 0 saturated carbocycles. The molecule has 0 aromatic heterocycles. The van der Waals surface area contributed by atoms with Gasteiger partial charge in [-0.15, -0.1) is 0 Å². The molecule has 19 heteroatoms. The van der Waals surface area contributed by atoms with E-state index in [-0.39, 0.29) is 25.7 Å². The van der Waals surface area contributed by atoms with E-state index in [1.165, 1.54) is 83.5 Å². The van der Waals surface area contributed by atoms with Crippen LogP contribution in [0, 0.1) is 0 Å². The number of hydrogen-bond donors (Lipinski definition) is 3. The van der Waals surface area contributed by atoms with Gasteiger partial charge in [-0.25, -0.2) is 9.13 Å². The van der Waals surface area contributed by atoms with Gasteiger partial charge in [0.1, 0.15) is 19.3 Å². The van der Waals surface area contributed by atoms with Crippen molar-refractivity contribution in [3.8, 4) is 0 Å². The van der Waals surface area contributed by atoms with Crippen molar-refractivity contribution in [2.75, 3.05) is 39.6 Å². The molecule has 0 heterocycles. The number of unbranched alkanes of at least 4 members (excludes halogenated alkanes) is 23. The molecular weight excluding hydrogens is 1380 g/mol. The first-order valence-electron chi connectivity index (χ1n) is 40.7. The highest BCUT2D eigenvalue weighted by Gasteiger charge is 2.30. The fourth-order valence-electron chi connectivity index (χ4n) is 10.2. The Morgan fingerprint density at radius 1 is 0.264 bits per heavy atom. The van der Waals surface area contributed by atoms with Crippen molar-refractivity contribution in [2.24, 2.45) is 0 Å². The summed E-state index contributed by atoms with van der Waals surface area (Å²) in [4.78, 5) is 73.0. The van der Waals surface area contributed by atoms with E-state index in [0.29, 0.717) is 38.5 Å². The van der Waals surface area contributed by atoms with Gasteiger partial charge in [0.2, 0.25) is 0 Å². The molecule has 0 aromatic carbocycles. The zero-order valence-corrected chi connectivity index (χ0v) is 67.8. The Morgan fingerprint density at radius 2 is 0.481 bits per heavy atom. The molecule has 0 rings (SSSR count). The van der Waals surface area contributed by atoms with Crippen LogP contribution in [-0.2, 0) is 65.4 Å². The van der Waals surface area contributed by atoms with Crippen LogP contribution in [0.25, 0.3) is 0 Å². The number of carbonyl (C=O) groups is 4. The molecule has 106 heavy (non-hydrogen) atoms. The fraction of sp³-hybridized carbons (Fsp3) is 0.655. The average molecular weight is 1520 g/mol. The van der Waals surface area contributed by atoms with Gasteiger partial charge in [0.05, 0.1) is 26.4 Å². The Balaban J connectivity index is 5.50. The monoisotopic (exact) mass is 1520 g/mol. The number of carbonyl (C=O) groups excluding carboxylic acids is 4. The van der Waals surface area contributed by atoms with Gasteiger partial charge in [0.15, 0.2) is 12.2 Å². The molecular formula is C87H144O17P2. The number of allylic oxidation sites excluding steroid dienone is 26. The Kier molecular flexibility index (Phi) is 73.9. The van der Waals surface area contributed by atoms with Gasteiger partial charge in [0, 0.05) is 25.7 Å². The van der Waals surface area contributed by atoms with Gasteiger partial charge < -0.3 is 33.8 Å². The molecule has 0 radical (unpaired) electrons. The van der Waals surface area contributed by atoms with Crippen LogP contribution in [0.5, 0.6) is 0 Å². The van der Waals surface area contributed by atoms with E-state index < -0.39 is 97.5 Å². The summed E-state index contributed by atoms with van der Waals surface area (Å²) in [5, 5.41) is 10.6. The summed E-state index contributed by atoms with van der Waals surface area (Å²) in [6.45, 7) is 4.58. The fourth-order valence-corrected chi connectivity index (χ4v) is 11.8. The third-order valence-electron chi connectivity index (χ3n) is 16.5. The van der Waals surface area contributed by atoms with Gasteiger partial charge >= 0.3 is 39.5 Å². The Labute approximate surface area is 642 Å². The topological polar surface area (TPSA) is 237 Å². The van der Waals surface area contributed by atoms with Crippen LogP contribution >= 0.6 is 15.6 Å². The summed E-state index contributed by atoms with van der Waals surface area (Å²) >= 11 is 0. The molecule has 0 aromatic rings. The van der Waals surface area contributed by atoms with Crippen LogP contribution < -0.4 is 0 Å². The molecule has 0 fully saturated rings. The second kappa shape index (κ2) is 77.8. The molecule has 0 aliphatic heterocycles. The third kappa shape index (κ3) is 76.9. The van der Waals surface area contributed by atoms with E-state index in [0.717, 1.165) is 135 Å². The number of esters is 4. The SMILES string of the molecule is CCCCC/C=C\C/C=C\C/C=C\C/C=C\C/C=C\CCC(=O)OC[C@H](COP(=O)(O)OC[C@@H](O)COP(=O)(O)OC[C@@H](COC(=O)CC/C=C\C/C=C\C/C=C\C/C=C\C/C=C\CCCCC)OC(=O)CCCCCCC/C=C\CCCCCC)OC(=O)CCCCCCC/C=C\C/C=C\CCCCC. The molecule has 0 aliphatic rings.